The summed E-state index contributed by atoms with van der Waals surface area (Å²) < 4.78 is 0. The Kier molecular flexibility index (Phi) is 5.30. The van der Waals surface area contributed by atoms with E-state index >= 15 is 0 Å². The van der Waals surface area contributed by atoms with Gasteiger partial charge in [0.05, 0.1) is 16.0 Å². The highest BCUT2D eigenvalue weighted by atomic mass is 35.5. The first-order valence-electron chi connectivity index (χ1n) is 6.91. The van der Waals surface area contributed by atoms with Crippen LogP contribution in [0.15, 0.2) is 18.2 Å². The van der Waals surface area contributed by atoms with Gasteiger partial charge in [0.15, 0.2) is 0 Å². The Morgan fingerprint density at radius 2 is 1.95 bits per heavy atom. The summed E-state index contributed by atoms with van der Waals surface area (Å²) >= 11 is 12.3. The molecule has 1 aromatic carbocycles. The summed E-state index contributed by atoms with van der Waals surface area (Å²) in [5, 5.41) is 13.7. The van der Waals surface area contributed by atoms with Crippen LogP contribution in [0.2, 0.25) is 10.0 Å². The molecule has 5 heteroatoms. The molecule has 0 spiro atoms. The van der Waals surface area contributed by atoms with E-state index in [1.807, 2.05) is 12.1 Å². The number of rotatable bonds is 4. The molecule has 0 aromatic heterocycles. The number of hydrogen-bond donors (Lipinski definition) is 2. The zero-order chi connectivity index (χ0) is 14.7. The van der Waals surface area contributed by atoms with Crippen LogP contribution in [0.25, 0.3) is 0 Å². The summed E-state index contributed by atoms with van der Waals surface area (Å²) in [6, 6.07) is 6.08. The van der Waals surface area contributed by atoms with Crippen molar-refractivity contribution in [3.8, 4) is 0 Å². The van der Waals surface area contributed by atoms with Gasteiger partial charge in [-0.05, 0) is 44.2 Å². The smallest absolute Gasteiger partial charge is 0.306 e. The van der Waals surface area contributed by atoms with Crippen molar-refractivity contribution < 1.29 is 9.90 Å². The third-order valence-corrected chi connectivity index (χ3v) is 4.84. The molecule has 0 saturated heterocycles. The number of nitrogens with one attached hydrogen (secondary N) is 1. The summed E-state index contributed by atoms with van der Waals surface area (Å²) in [4.78, 5) is 10.9. The molecule has 2 rings (SSSR count). The highest BCUT2D eigenvalue weighted by Gasteiger charge is 2.27. The quantitative estimate of drug-likeness (QED) is 0.871. The molecule has 0 aliphatic heterocycles. The summed E-state index contributed by atoms with van der Waals surface area (Å²) in [6.07, 6.45) is 3.25. The van der Waals surface area contributed by atoms with Crippen molar-refractivity contribution in [2.75, 3.05) is 0 Å². The molecule has 1 aliphatic rings. The number of hydrogen-bond acceptors (Lipinski definition) is 2. The third kappa shape index (κ3) is 3.66. The topological polar surface area (TPSA) is 49.3 Å². The zero-order valence-corrected chi connectivity index (χ0v) is 12.9. The van der Waals surface area contributed by atoms with Crippen LogP contribution < -0.4 is 5.32 Å². The highest BCUT2D eigenvalue weighted by Crippen LogP contribution is 2.31. The van der Waals surface area contributed by atoms with Crippen molar-refractivity contribution in [1.82, 2.24) is 5.32 Å². The lowest BCUT2D eigenvalue weighted by Gasteiger charge is -2.30. The average molecular weight is 316 g/mol. The van der Waals surface area contributed by atoms with Gasteiger partial charge in [0.25, 0.3) is 0 Å². The number of carboxylic acids is 1. The van der Waals surface area contributed by atoms with E-state index in [1.165, 1.54) is 0 Å². The molecule has 1 aliphatic carbocycles. The minimum Gasteiger partial charge on any atom is -0.481 e. The second-order valence-electron chi connectivity index (χ2n) is 5.42. The van der Waals surface area contributed by atoms with Crippen LogP contribution in [0.1, 0.15) is 44.2 Å². The van der Waals surface area contributed by atoms with Gasteiger partial charge in [-0.3, -0.25) is 4.79 Å². The van der Waals surface area contributed by atoms with Crippen molar-refractivity contribution in [3.05, 3.63) is 33.8 Å². The number of benzene rings is 1. The average Bonchev–Trinajstić information content (AvgIpc) is 2.42. The molecule has 20 heavy (non-hydrogen) atoms. The Morgan fingerprint density at radius 1 is 1.30 bits per heavy atom. The van der Waals surface area contributed by atoms with E-state index in [2.05, 4.69) is 12.2 Å². The SMILES string of the molecule is CC(NC1CCC(C(=O)O)CC1)c1cccc(Cl)c1Cl. The normalized spacial score (nSPS) is 24.4. The van der Waals surface area contributed by atoms with Crippen LogP contribution in [0, 0.1) is 5.92 Å². The molecular formula is C15H19Cl2NO2. The first kappa shape index (κ1) is 15.6. The fourth-order valence-corrected chi connectivity index (χ4v) is 3.28. The van der Waals surface area contributed by atoms with Gasteiger partial charge in [0.1, 0.15) is 0 Å². The van der Waals surface area contributed by atoms with Crippen molar-refractivity contribution in [3.63, 3.8) is 0 Å². The lowest BCUT2D eigenvalue weighted by molar-refractivity contribution is -0.142. The van der Waals surface area contributed by atoms with Crippen LogP contribution in [0.5, 0.6) is 0 Å². The van der Waals surface area contributed by atoms with Crippen molar-refractivity contribution >= 4 is 29.2 Å². The summed E-state index contributed by atoms with van der Waals surface area (Å²) in [7, 11) is 0. The maximum atomic E-state index is 10.9. The Bertz CT molecular complexity index is 485. The van der Waals surface area contributed by atoms with Crippen LogP contribution in [0.3, 0.4) is 0 Å². The minimum atomic E-state index is -0.672. The Morgan fingerprint density at radius 3 is 2.55 bits per heavy atom. The number of carbonyl (C=O) groups is 1. The van der Waals surface area contributed by atoms with Gasteiger partial charge in [-0.25, -0.2) is 0 Å². The molecule has 0 radical (unpaired) electrons. The number of carboxylic acid groups (broad SMARTS) is 1. The zero-order valence-electron chi connectivity index (χ0n) is 11.4. The number of halogens is 2. The second-order valence-corrected chi connectivity index (χ2v) is 6.20. The van der Waals surface area contributed by atoms with Gasteiger partial charge in [-0.2, -0.15) is 0 Å². The monoisotopic (exact) mass is 315 g/mol. The van der Waals surface area contributed by atoms with Crippen LogP contribution in [0.4, 0.5) is 0 Å². The molecule has 1 atom stereocenters. The summed E-state index contributed by atoms with van der Waals surface area (Å²) in [6.45, 7) is 2.06. The fraction of sp³-hybridized carbons (Fsp3) is 0.533. The van der Waals surface area contributed by atoms with E-state index in [4.69, 9.17) is 28.3 Å². The maximum absolute atomic E-state index is 10.9. The Labute approximate surface area is 129 Å². The van der Waals surface area contributed by atoms with Crippen molar-refractivity contribution in [1.29, 1.82) is 0 Å². The molecule has 1 fully saturated rings. The summed E-state index contributed by atoms with van der Waals surface area (Å²) in [5.41, 5.74) is 0.986. The fourth-order valence-electron chi connectivity index (χ4n) is 2.81. The molecule has 0 amide bonds. The molecule has 3 nitrogen and oxygen atoms in total. The largest absolute Gasteiger partial charge is 0.481 e. The van der Waals surface area contributed by atoms with E-state index < -0.39 is 5.97 Å². The second kappa shape index (κ2) is 6.79. The van der Waals surface area contributed by atoms with Crippen LogP contribution >= 0.6 is 23.2 Å². The van der Waals surface area contributed by atoms with Gasteiger partial charge < -0.3 is 10.4 Å². The third-order valence-electron chi connectivity index (χ3n) is 4.01. The summed E-state index contributed by atoms with van der Waals surface area (Å²) in [5.74, 6) is -0.854. The van der Waals surface area contributed by atoms with Gasteiger partial charge >= 0.3 is 5.97 Å². The standard InChI is InChI=1S/C15H19Cl2NO2/c1-9(12-3-2-4-13(16)14(12)17)18-11-7-5-10(6-8-11)15(19)20/h2-4,9-11,18H,5-8H2,1H3,(H,19,20). The van der Waals surface area contributed by atoms with Crippen molar-refractivity contribution in [2.24, 2.45) is 5.92 Å². The van der Waals surface area contributed by atoms with Gasteiger partial charge in [-0.15, -0.1) is 0 Å². The van der Waals surface area contributed by atoms with Gasteiger partial charge in [0, 0.05) is 12.1 Å². The van der Waals surface area contributed by atoms with E-state index in [9.17, 15) is 4.79 Å². The molecule has 0 heterocycles. The van der Waals surface area contributed by atoms with E-state index in [1.54, 1.807) is 6.07 Å². The lowest BCUT2D eigenvalue weighted by atomic mass is 9.85. The first-order chi connectivity index (χ1) is 9.49. The molecule has 0 bridgehead atoms. The van der Waals surface area contributed by atoms with E-state index in [-0.39, 0.29) is 12.0 Å². The Hall–Kier alpha value is -0.770. The molecule has 110 valence electrons. The predicted molar refractivity (Wildman–Crippen MR) is 81.4 cm³/mol. The molecular weight excluding hydrogens is 297 g/mol. The molecule has 1 aromatic rings. The number of aliphatic carboxylic acids is 1. The van der Waals surface area contributed by atoms with E-state index in [0.717, 1.165) is 31.2 Å². The molecule has 1 saturated carbocycles. The molecule has 2 N–H and O–H groups in total. The molecule has 1 unspecified atom stereocenters. The van der Waals surface area contributed by atoms with Crippen LogP contribution in [-0.4, -0.2) is 17.1 Å². The van der Waals surface area contributed by atoms with Gasteiger partial charge in [-0.1, -0.05) is 35.3 Å². The maximum Gasteiger partial charge on any atom is 0.306 e. The van der Waals surface area contributed by atoms with Crippen molar-refractivity contribution in [2.45, 2.75) is 44.7 Å². The highest BCUT2D eigenvalue weighted by molar-refractivity contribution is 6.42. The Balaban J connectivity index is 1.94. The first-order valence-corrected chi connectivity index (χ1v) is 7.67. The predicted octanol–water partition coefficient (Wildman–Crippen LogP) is 4.29. The lowest BCUT2D eigenvalue weighted by Crippen LogP contribution is -2.36. The van der Waals surface area contributed by atoms with Gasteiger partial charge in [0.2, 0.25) is 0 Å². The van der Waals surface area contributed by atoms with Crippen LogP contribution in [-0.2, 0) is 4.79 Å². The minimum absolute atomic E-state index is 0.104. The van der Waals surface area contributed by atoms with E-state index in [0.29, 0.717) is 16.1 Å².